The number of hydrogen-bond acceptors (Lipinski definition) is 4. The second-order valence-corrected chi connectivity index (χ2v) is 7.90. The normalized spacial score (nSPS) is 20.1. The first-order chi connectivity index (χ1) is 14.1. The molecule has 1 saturated heterocycles. The van der Waals surface area contributed by atoms with Crippen molar-refractivity contribution < 1.29 is 29.1 Å². The van der Waals surface area contributed by atoms with E-state index in [4.69, 9.17) is 25.8 Å². The van der Waals surface area contributed by atoms with Crippen LogP contribution in [0.4, 0.5) is 0 Å². The number of para-hydroxylation sites is 1. The van der Waals surface area contributed by atoms with E-state index in [0.29, 0.717) is 23.8 Å². The molecule has 0 amide bonds. The lowest BCUT2D eigenvalue weighted by molar-refractivity contribution is -1.02. The van der Waals surface area contributed by atoms with Crippen molar-refractivity contribution in [1.29, 1.82) is 0 Å². The van der Waals surface area contributed by atoms with Gasteiger partial charge in [-0.05, 0) is 24.3 Å². The minimum absolute atomic E-state index is 0.210. The predicted octanol–water partition coefficient (Wildman–Crippen LogP) is 0.0805. The van der Waals surface area contributed by atoms with Crippen LogP contribution in [0.15, 0.2) is 42.5 Å². The van der Waals surface area contributed by atoms with Crippen LogP contribution >= 0.6 is 11.6 Å². The van der Waals surface area contributed by atoms with Gasteiger partial charge in [-0.1, -0.05) is 29.8 Å². The van der Waals surface area contributed by atoms with E-state index < -0.39 is 6.10 Å². The van der Waals surface area contributed by atoms with E-state index in [1.807, 2.05) is 30.3 Å². The molecule has 0 radical (unpaired) electrons. The molecule has 0 saturated carbocycles. The van der Waals surface area contributed by atoms with Crippen LogP contribution in [-0.4, -0.2) is 64.8 Å². The van der Waals surface area contributed by atoms with Gasteiger partial charge in [-0.2, -0.15) is 0 Å². The summed E-state index contributed by atoms with van der Waals surface area (Å²) in [6.07, 6.45) is -0.544. The number of halogens is 1. The molecule has 1 heterocycles. The van der Waals surface area contributed by atoms with E-state index in [1.54, 1.807) is 19.1 Å². The van der Waals surface area contributed by atoms with Crippen LogP contribution < -0.4 is 24.0 Å². The maximum absolute atomic E-state index is 10.5. The summed E-state index contributed by atoms with van der Waals surface area (Å²) in [6.45, 7) is 6.16. The van der Waals surface area contributed by atoms with Crippen molar-refractivity contribution in [1.82, 2.24) is 0 Å². The highest BCUT2D eigenvalue weighted by Gasteiger charge is 2.25. The van der Waals surface area contributed by atoms with Crippen LogP contribution in [-0.2, 0) is 6.54 Å². The van der Waals surface area contributed by atoms with Crippen molar-refractivity contribution in [3.8, 4) is 17.2 Å². The fourth-order valence-corrected chi connectivity index (χ4v) is 3.89. The number of benzene rings is 2. The molecule has 1 atom stereocenters. The molecule has 6 nitrogen and oxygen atoms in total. The maximum Gasteiger partial charge on any atom is 0.203 e. The maximum atomic E-state index is 10.5. The molecule has 2 aromatic rings. The van der Waals surface area contributed by atoms with Crippen LogP contribution in [0, 0.1) is 0 Å². The lowest BCUT2D eigenvalue weighted by Gasteiger charge is -2.30. The van der Waals surface area contributed by atoms with Gasteiger partial charge in [0.05, 0.1) is 14.2 Å². The molecule has 158 valence electrons. The predicted molar refractivity (Wildman–Crippen MR) is 112 cm³/mol. The SMILES string of the molecule is COc1cccc(OC)c1OC[C@H](O)C[NH+]1CC[NH+](Cc2ccc(Cl)cc2)CC1. The van der Waals surface area contributed by atoms with Crippen LogP contribution in [0.1, 0.15) is 5.56 Å². The van der Waals surface area contributed by atoms with Crippen molar-refractivity contribution >= 4 is 11.6 Å². The highest BCUT2D eigenvalue weighted by atomic mass is 35.5. The van der Waals surface area contributed by atoms with Gasteiger partial charge in [0.1, 0.15) is 52.0 Å². The number of aliphatic hydroxyl groups is 1. The average Bonchev–Trinajstić information content (AvgIpc) is 2.75. The standard InChI is InChI=1S/C22H29ClN2O4/c1-27-20-4-3-5-21(28-2)22(20)29-16-19(26)15-25-12-10-24(11-13-25)14-17-6-8-18(23)9-7-17/h3-9,19,26H,10-16H2,1-2H3/p+2/t19-/m1/s1. The molecular formula is C22H31ClN2O4+2. The van der Waals surface area contributed by atoms with Crippen LogP contribution in [0.2, 0.25) is 5.02 Å². The van der Waals surface area contributed by atoms with E-state index in [1.165, 1.54) is 10.5 Å². The van der Waals surface area contributed by atoms with E-state index >= 15 is 0 Å². The quantitative estimate of drug-likeness (QED) is 0.536. The van der Waals surface area contributed by atoms with Crippen molar-refractivity contribution in [2.75, 3.05) is 53.6 Å². The molecule has 1 aliphatic rings. The largest absolute Gasteiger partial charge is 0.493 e. The molecule has 0 unspecified atom stereocenters. The summed E-state index contributed by atoms with van der Waals surface area (Å²) in [4.78, 5) is 2.98. The zero-order valence-corrected chi connectivity index (χ0v) is 17.9. The minimum Gasteiger partial charge on any atom is -0.493 e. The summed E-state index contributed by atoms with van der Waals surface area (Å²) in [6, 6.07) is 13.6. The Balaban J connectivity index is 1.43. The Labute approximate surface area is 177 Å². The number of rotatable bonds is 9. The van der Waals surface area contributed by atoms with Gasteiger partial charge in [0.25, 0.3) is 0 Å². The Morgan fingerprint density at radius 3 is 2.10 bits per heavy atom. The molecule has 1 fully saturated rings. The number of quaternary nitrogens is 2. The minimum atomic E-state index is -0.544. The van der Waals surface area contributed by atoms with E-state index in [2.05, 4.69) is 12.1 Å². The molecule has 3 N–H and O–H groups in total. The van der Waals surface area contributed by atoms with Crippen molar-refractivity contribution in [3.63, 3.8) is 0 Å². The van der Waals surface area contributed by atoms with Crippen LogP contribution in [0.25, 0.3) is 0 Å². The third kappa shape index (κ3) is 6.24. The van der Waals surface area contributed by atoms with Crippen molar-refractivity contribution in [2.24, 2.45) is 0 Å². The van der Waals surface area contributed by atoms with Crippen LogP contribution in [0.3, 0.4) is 0 Å². The molecule has 7 heteroatoms. The Morgan fingerprint density at radius 2 is 1.52 bits per heavy atom. The van der Waals surface area contributed by atoms with Gasteiger partial charge in [-0.15, -0.1) is 0 Å². The molecule has 0 aromatic heterocycles. The lowest BCUT2D eigenvalue weighted by atomic mass is 10.2. The zero-order chi connectivity index (χ0) is 20.6. The molecule has 2 aromatic carbocycles. The molecular weight excluding hydrogens is 392 g/mol. The number of aliphatic hydroxyl groups excluding tert-OH is 1. The van der Waals surface area contributed by atoms with Crippen molar-refractivity contribution in [2.45, 2.75) is 12.6 Å². The van der Waals surface area contributed by atoms with Gasteiger partial charge in [0.2, 0.25) is 5.75 Å². The summed E-state index contributed by atoms with van der Waals surface area (Å²) in [5.41, 5.74) is 1.31. The molecule has 0 aliphatic carbocycles. The van der Waals surface area contributed by atoms with Gasteiger partial charge >= 0.3 is 0 Å². The second kappa shape index (κ2) is 10.7. The van der Waals surface area contributed by atoms with Gasteiger partial charge in [0.15, 0.2) is 11.5 Å². The van der Waals surface area contributed by atoms with Gasteiger partial charge in [0, 0.05) is 10.6 Å². The summed E-state index contributed by atoms with van der Waals surface area (Å²) >= 11 is 5.96. The fraction of sp³-hybridized carbons (Fsp3) is 0.455. The topological polar surface area (TPSA) is 56.8 Å². The molecule has 0 bridgehead atoms. The number of ether oxygens (including phenoxy) is 3. The first-order valence-corrected chi connectivity index (χ1v) is 10.4. The van der Waals surface area contributed by atoms with Crippen molar-refractivity contribution in [3.05, 3.63) is 53.1 Å². The number of piperazine rings is 1. The summed E-state index contributed by atoms with van der Waals surface area (Å²) < 4.78 is 16.5. The van der Waals surface area contributed by atoms with E-state index in [9.17, 15) is 5.11 Å². The number of hydrogen-bond donors (Lipinski definition) is 3. The zero-order valence-electron chi connectivity index (χ0n) is 17.1. The van der Waals surface area contributed by atoms with E-state index in [0.717, 1.165) is 37.7 Å². The Morgan fingerprint density at radius 1 is 0.931 bits per heavy atom. The fourth-order valence-electron chi connectivity index (χ4n) is 3.76. The smallest absolute Gasteiger partial charge is 0.203 e. The Bertz CT molecular complexity index is 742. The summed E-state index contributed by atoms with van der Waals surface area (Å²) in [7, 11) is 3.18. The third-order valence-electron chi connectivity index (χ3n) is 5.36. The Kier molecular flexibility index (Phi) is 8.00. The second-order valence-electron chi connectivity index (χ2n) is 7.46. The summed E-state index contributed by atoms with van der Waals surface area (Å²) in [5.74, 6) is 1.73. The molecule has 3 rings (SSSR count). The van der Waals surface area contributed by atoms with Crippen LogP contribution in [0.5, 0.6) is 17.2 Å². The number of methoxy groups -OCH3 is 2. The van der Waals surface area contributed by atoms with Gasteiger partial charge < -0.3 is 29.1 Å². The third-order valence-corrected chi connectivity index (χ3v) is 5.61. The lowest BCUT2D eigenvalue weighted by Crippen LogP contribution is -3.28. The monoisotopic (exact) mass is 422 g/mol. The first-order valence-electron chi connectivity index (χ1n) is 10.0. The number of nitrogens with one attached hydrogen (secondary N) is 2. The molecule has 29 heavy (non-hydrogen) atoms. The highest BCUT2D eigenvalue weighted by Crippen LogP contribution is 2.36. The molecule has 1 aliphatic heterocycles. The summed E-state index contributed by atoms with van der Waals surface area (Å²) in [5, 5.41) is 11.2. The molecule has 0 spiro atoms. The van der Waals surface area contributed by atoms with E-state index in [-0.39, 0.29) is 6.61 Å². The Hall–Kier alpha value is -1.99. The van der Waals surface area contributed by atoms with Gasteiger partial charge in [-0.3, -0.25) is 0 Å². The highest BCUT2D eigenvalue weighted by molar-refractivity contribution is 6.30. The van der Waals surface area contributed by atoms with Gasteiger partial charge in [-0.25, -0.2) is 0 Å². The average molecular weight is 423 g/mol. The first kappa shape index (κ1) is 21.7.